The number of aromatic nitrogens is 1. The van der Waals surface area contributed by atoms with Crippen LogP contribution in [-0.2, 0) is 4.79 Å². The number of benzene rings is 2. The molecule has 30 heavy (non-hydrogen) atoms. The van der Waals surface area contributed by atoms with E-state index in [-0.39, 0.29) is 12.1 Å². The topological polar surface area (TPSA) is 93.6 Å². The summed E-state index contributed by atoms with van der Waals surface area (Å²) < 4.78 is 12.2. The monoisotopic (exact) mass is 428 g/mol. The van der Waals surface area contributed by atoms with Crippen LogP contribution in [-0.4, -0.2) is 37.1 Å². The lowest BCUT2D eigenvalue weighted by Gasteiger charge is -2.14. The molecule has 0 spiro atoms. The number of carbonyl (C=O) groups excluding carboxylic acids is 2. The number of hydrogen-bond donors (Lipinski definition) is 3. The van der Waals surface area contributed by atoms with Gasteiger partial charge in [0.1, 0.15) is 11.5 Å². The summed E-state index contributed by atoms with van der Waals surface area (Å²) in [6.07, 6.45) is 3.66. The summed E-state index contributed by atoms with van der Waals surface area (Å²) in [4.78, 5) is 24.6. The first kappa shape index (κ1) is 21.1. The molecule has 0 bridgehead atoms. The number of halogens is 1. The maximum absolute atomic E-state index is 12.5. The van der Waals surface area contributed by atoms with Crippen LogP contribution in [0, 0.1) is 0 Å². The van der Waals surface area contributed by atoms with Crippen LogP contribution >= 0.6 is 11.6 Å². The molecular weight excluding hydrogens is 408 g/mol. The predicted octanol–water partition coefficient (Wildman–Crippen LogP) is 3.02. The molecule has 0 unspecified atom stereocenters. The average Bonchev–Trinajstić information content (AvgIpc) is 3.30. The molecule has 3 rings (SSSR count). The predicted molar refractivity (Wildman–Crippen MR) is 114 cm³/mol. The number of carbonyl (C=O) groups is 2. The number of ether oxygens (including phenoxy) is 2. The number of methoxy groups -OCH3 is 2. The zero-order valence-electron chi connectivity index (χ0n) is 16.4. The number of nitrogens with zero attached hydrogens (tertiary/aromatic N) is 1. The highest BCUT2D eigenvalue weighted by Gasteiger charge is 2.17. The largest absolute Gasteiger partial charge is 0.497 e. The molecule has 3 aromatic rings. The van der Waals surface area contributed by atoms with Gasteiger partial charge in [-0.15, -0.1) is 0 Å². The Labute approximate surface area is 178 Å². The van der Waals surface area contributed by atoms with E-state index in [0.29, 0.717) is 22.2 Å². The first-order valence-corrected chi connectivity index (χ1v) is 9.37. The standard InChI is InChI=1S/C21H21ClN4O4/c1-29-15-7-5-14(6-8-15)23-13-20(27)24-25-21(28)16-11-17(22)18(12-19(16)30-2)26-9-3-4-10-26/h3-12,23H,13H2,1-2H3,(H,24,27)(H,25,28). The van der Waals surface area contributed by atoms with Crippen molar-refractivity contribution >= 4 is 29.1 Å². The third kappa shape index (κ3) is 5.03. The number of nitrogens with one attached hydrogen (secondary N) is 3. The Morgan fingerprint density at radius 3 is 2.33 bits per heavy atom. The van der Waals surface area contributed by atoms with Gasteiger partial charge < -0.3 is 19.4 Å². The van der Waals surface area contributed by atoms with Gasteiger partial charge >= 0.3 is 0 Å². The molecule has 0 atom stereocenters. The summed E-state index contributed by atoms with van der Waals surface area (Å²) >= 11 is 6.33. The van der Waals surface area contributed by atoms with Gasteiger partial charge in [-0.2, -0.15) is 0 Å². The Morgan fingerprint density at radius 1 is 1.00 bits per heavy atom. The Balaban J connectivity index is 1.59. The number of hydrazine groups is 1. The first-order valence-electron chi connectivity index (χ1n) is 9.00. The van der Waals surface area contributed by atoms with Crippen LogP contribution in [0.5, 0.6) is 11.5 Å². The fourth-order valence-electron chi connectivity index (χ4n) is 2.71. The molecule has 0 fully saturated rings. The van der Waals surface area contributed by atoms with Gasteiger partial charge in [0.2, 0.25) is 0 Å². The second kappa shape index (κ2) is 9.71. The molecule has 0 saturated carbocycles. The van der Waals surface area contributed by atoms with E-state index in [1.54, 1.807) is 42.0 Å². The number of amides is 2. The van der Waals surface area contributed by atoms with Gasteiger partial charge in [-0.3, -0.25) is 20.4 Å². The zero-order chi connectivity index (χ0) is 21.5. The molecular formula is C21H21ClN4O4. The summed E-state index contributed by atoms with van der Waals surface area (Å²) in [6, 6.07) is 14.0. The maximum atomic E-state index is 12.5. The highest BCUT2D eigenvalue weighted by atomic mass is 35.5. The van der Waals surface area contributed by atoms with Crippen molar-refractivity contribution < 1.29 is 19.1 Å². The normalized spacial score (nSPS) is 10.2. The molecule has 9 heteroatoms. The second-order valence-corrected chi connectivity index (χ2v) is 6.59. The van der Waals surface area contributed by atoms with E-state index < -0.39 is 11.8 Å². The van der Waals surface area contributed by atoms with Crippen molar-refractivity contribution in [2.24, 2.45) is 0 Å². The van der Waals surface area contributed by atoms with E-state index >= 15 is 0 Å². The molecule has 156 valence electrons. The molecule has 1 heterocycles. The number of anilines is 1. The highest BCUT2D eigenvalue weighted by molar-refractivity contribution is 6.33. The lowest BCUT2D eigenvalue weighted by Crippen LogP contribution is -2.44. The molecule has 0 aliphatic rings. The Hall–Kier alpha value is -3.65. The molecule has 2 aromatic carbocycles. The van der Waals surface area contributed by atoms with E-state index in [4.69, 9.17) is 21.1 Å². The third-order valence-corrected chi connectivity index (χ3v) is 4.56. The molecule has 3 N–H and O–H groups in total. The molecule has 0 radical (unpaired) electrons. The number of rotatable bonds is 7. The van der Waals surface area contributed by atoms with E-state index in [0.717, 1.165) is 5.69 Å². The van der Waals surface area contributed by atoms with Crippen LogP contribution in [0.15, 0.2) is 60.9 Å². The molecule has 8 nitrogen and oxygen atoms in total. The van der Waals surface area contributed by atoms with Gasteiger partial charge in [0.25, 0.3) is 11.8 Å². The van der Waals surface area contributed by atoms with Crippen molar-refractivity contribution in [3.63, 3.8) is 0 Å². The lowest BCUT2D eigenvalue weighted by atomic mass is 10.1. The summed E-state index contributed by atoms with van der Waals surface area (Å²) in [6.45, 7) is -0.0307. The Kier molecular flexibility index (Phi) is 6.82. The molecule has 2 amide bonds. The van der Waals surface area contributed by atoms with Crippen molar-refractivity contribution in [3.8, 4) is 17.2 Å². The quantitative estimate of drug-likeness (QED) is 0.503. The Morgan fingerprint density at radius 2 is 1.70 bits per heavy atom. The van der Waals surface area contributed by atoms with Crippen LogP contribution in [0.25, 0.3) is 5.69 Å². The minimum atomic E-state index is -0.550. The highest BCUT2D eigenvalue weighted by Crippen LogP contribution is 2.29. The number of hydrogen-bond acceptors (Lipinski definition) is 5. The lowest BCUT2D eigenvalue weighted by molar-refractivity contribution is -0.120. The van der Waals surface area contributed by atoms with Crippen LogP contribution in [0.3, 0.4) is 0 Å². The summed E-state index contributed by atoms with van der Waals surface area (Å²) in [5.41, 5.74) is 6.33. The minimum Gasteiger partial charge on any atom is -0.497 e. The van der Waals surface area contributed by atoms with Crippen molar-refractivity contribution in [2.75, 3.05) is 26.1 Å². The summed E-state index contributed by atoms with van der Waals surface area (Å²) in [5, 5.41) is 3.31. The summed E-state index contributed by atoms with van der Waals surface area (Å²) in [7, 11) is 3.03. The van der Waals surface area contributed by atoms with Gasteiger partial charge in [0.15, 0.2) is 0 Å². The van der Waals surface area contributed by atoms with Gasteiger partial charge in [-0.05, 0) is 42.5 Å². The average molecular weight is 429 g/mol. The van der Waals surface area contributed by atoms with Crippen LogP contribution in [0.1, 0.15) is 10.4 Å². The van der Waals surface area contributed by atoms with Crippen molar-refractivity contribution in [1.82, 2.24) is 15.4 Å². The fourth-order valence-corrected chi connectivity index (χ4v) is 2.97. The zero-order valence-corrected chi connectivity index (χ0v) is 17.2. The first-order chi connectivity index (χ1) is 14.5. The molecule has 0 aliphatic carbocycles. The van der Waals surface area contributed by atoms with Crippen LogP contribution in [0.2, 0.25) is 5.02 Å². The van der Waals surface area contributed by atoms with Crippen LogP contribution in [0.4, 0.5) is 5.69 Å². The second-order valence-electron chi connectivity index (χ2n) is 6.18. The summed E-state index contributed by atoms with van der Waals surface area (Å²) in [5.74, 6) is 0.0673. The fraction of sp³-hybridized carbons (Fsp3) is 0.143. The molecule has 1 aromatic heterocycles. The smallest absolute Gasteiger partial charge is 0.273 e. The molecule has 0 saturated heterocycles. The molecule has 0 aliphatic heterocycles. The van der Waals surface area contributed by atoms with E-state index in [1.807, 2.05) is 24.5 Å². The van der Waals surface area contributed by atoms with Crippen LogP contribution < -0.4 is 25.6 Å². The maximum Gasteiger partial charge on any atom is 0.273 e. The van der Waals surface area contributed by atoms with Crippen molar-refractivity contribution in [3.05, 3.63) is 71.5 Å². The van der Waals surface area contributed by atoms with E-state index in [2.05, 4.69) is 16.2 Å². The van der Waals surface area contributed by atoms with E-state index in [1.165, 1.54) is 13.2 Å². The van der Waals surface area contributed by atoms with Gasteiger partial charge in [-0.1, -0.05) is 11.6 Å². The Bertz CT molecular complexity index is 1020. The van der Waals surface area contributed by atoms with Crippen molar-refractivity contribution in [2.45, 2.75) is 0 Å². The van der Waals surface area contributed by atoms with Gasteiger partial charge in [-0.25, -0.2) is 0 Å². The minimum absolute atomic E-state index is 0.0307. The SMILES string of the molecule is COc1ccc(NCC(=O)NNC(=O)c2cc(Cl)c(-n3cccc3)cc2OC)cc1. The van der Waals surface area contributed by atoms with E-state index in [9.17, 15) is 9.59 Å². The third-order valence-electron chi connectivity index (χ3n) is 4.25. The van der Waals surface area contributed by atoms with Crippen molar-refractivity contribution in [1.29, 1.82) is 0 Å². The van der Waals surface area contributed by atoms with Gasteiger partial charge in [0.05, 0.1) is 37.0 Å². The van der Waals surface area contributed by atoms with Gasteiger partial charge in [0, 0.05) is 24.1 Å².